The molecule has 100 valence electrons. The quantitative estimate of drug-likeness (QED) is 0.763. The van der Waals surface area contributed by atoms with Gasteiger partial charge in [0.25, 0.3) is 0 Å². The van der Waals surface area contributed by atoms with Gasteiger partial charge in [0.1, 0.15) is 5.82 Å². The Hall–Kier alpha value is -2.42. The van der Waals surface area contributed by atoms with Crippen molar-refractivity contribution in [2.75, 3.05) is 0 Å². The third-order valence-corrected chi connectivity index (χ3v) is 3.34. The van der Waals surface area contributed by atoms with Crippen LogP contribution >= 0.6 is 0 Å². The first-order valence-corrected chi connectivity index (χ1v) is 6.90. The number of benzene rings is 1. The highest BCUT2D eigenvalue weighted by Crippen LogP contribution is 2.16. The van der Waals surface area contributed by atoms with Crippen molar-refractivity contribution in [3.63, 3.8) is 0 Å². The van der Waals surface area contributed by atoms with Gasteiger partial charge in [-0.05, 0) is 30.5 Å². The number of pyridine rings is 1. The number of hydrogen-bond acceptors (Lipinski definition) is 2. The normalized spacial score (nSPS) is 10.6. The second-order valence-corrected chi connectivity index (χ2v) is 4.82. The predicted octanol–water partition coefficient (Wildman–Crippen LogP) is 3.65. The zero-order chi connectivity index (χ0) is 13.6. The van der Waals surface area contributed by atoms with Crippen LogP contribution in [0, 0.1) is 0 Å². The lowest BCUT2D eigenvalue weighted by Crippen LogP contribution is -1.92. The lowest BCUT2D eigenvalue weighted by molar-refractivity contribution is 0.783. The molecule has 1 aromatic carbocycles. The summed E-state index contributed by atoms with van der Waals surface area (Å²) in [7, 11) is 0. The number of aromatic nitrogens is 3. The first kappa shape index (κ1) is 12.6. The molecule has 0 aliphatic heterocycles. The van der Waals surface area contributed by atoms with Gasteiger partial charge < -0.3 is 4.98 Å². The molecule has 0 amide bonds. The minimum atomic E-state index is 0.972. The fraction of sp³-hybridized carbons (Fsp3) is 0.176. The van der Waals surface area contributed by atoms with Crippen LogP contribution in [0.1, 0.15) is 17.8 Å². The molecule has 0 spiro atoms. The summed E-state index contributed by atoms with van der Waals surface area (Å²) in [4.78, 5) is 11.9. The summed E-state index contributed by atoms with van der Waals surface area (Å²) in [6, 6.07) is 14.5. The maximum Gasteiger partial charge on any atom is 0.106 e. The Morgan fingerprint density at radius 2 is 1.70 bits per heavy atom. The average molecular weight is 263 g/mol. The van der Waals surface area contributed by atoms with Gasteiger partial charge in [-0.1, -0.05) is 30.3 Å². The van der Waals surface area contributed by atoms with E-state index in [0.717, 1.165) is 36.3 Å². The van der Waals surface area contributed by atoms with Gasteiger partial charge in [-0.15, -0.1) is 0 Å². The monoisotopic (exact) mass is 263 g/mol. The maximum atomic E-state index is 4.45. The molecule has 3 heteroatoms. The second kappa shape index (κ2) is 6.15. The molecule has 0 radical (unpaired) electrons. The highest BCUT2D eigenvalue weighted by Gasteiger charge is 2.03. The van der Waals surface area contributed by atoms with Crippen molar-refractivity contribution in [3.05, 3.63) is 72.4 Å². The number of imidazole rings is 1. The molecule has 1 N–H and O–H groups in total. The summed E-state index contributed by atoms with van der Waals surface area (Å²) in [5, 5.41) is 0. The van der Waals surface area contributed by atoms with E-state index < -0.39 is 0 Å². The molecule has 0 bridgehead atoms. The highest BCUT2D eigenvalue weighted by atomic mass is 14.9. The molecule has 0 saturated heterocycles. The Kier molecular flexibility index (Phi) is 3.88. The lowest BCUT2D eigenvalue weighted by atomic mass is 10.1. The maximum absolute atomic E-state index is 4.45. The standard InChI is InChI=1S/C17H17N3/c1-2-5-14(6-3-1)7-4-8-17-19-13-16(20-17)15-9-11-18-12-10-15/h1-3,5-6,9-13H,4,7-8H2,(H,19,20). The minimum absolute atomic E-state index is 0.972. The van der Waals surface area contributed by atoms with Gasteiger partial charge in [-0.3, -0.25) is 4.98 Å². The van der Waals surface area contributed by atoms with Gasteiger partial charge in [-0.25, -0.2) is 4.98 Å². The Balaban J connectivity index is 1.58. The molecular formula is C17H17N3. The van der Waals surface area contributed by atoms with Gasteiger partial charge in [0.05, 0.1) is 11.9 Å². The topological polar surface area (TPSA) is 41.6 Å². The summed E-state index contributed by atoms with van der Waals surface area (Å²) in [6.45, 7) is 0. The van der Waals surface area contributed by atoms with Gasteiger partial charge in [0, 0.05) is 24.4 Å². The summed E-state index contributed by atoms with van der Waals surface area (Å²) in [6.07, 6.45) is 8.66. The summed E-state index contributed by atoms with van der Waals surface area (Å²) in [5.74, 6) is 1.05. The second-order valence-electron chi connectivity index (χ2n) is 4.82. The molecule has 0 fully saturated rings. The molecule has 0 atom stereocenters. The number of nitrogens with one attached hydrogen (secondary N) is 1. The van der Waals surface area contributed by atoms with Crippen LogP contribution in [-0.2, 0) is 12.8 Å². The van der Waals surface area contributed by atoms with Crippen LogP contribution in [0.25, 0.3) is 11.3 Å². The van der Waals surface area contributed by atoms with Crippen molar-refractivity contribution >= 4 is 0 Å². The van der Waals surface area contributed by atoms with Crippen LogP contribution in [0.15, 0.2) is 61.1 Å². The van der Waals surface area contributed by atoms with Crippen molar-refractivity contribution in [3.8, 4) is 11.3 Å². The SMILES string of the molecule is c1ccc(CCCc2ncc(-c3ccncc3)[nH]2)cc1. The van der Waals surface area contributed by atoms with Crippen LogP contribution in [0.5, 0.6) is 0 Å². The van der Waals surface area contributed by atoms with E-state index in [-0.39, 0.29) is 0 Å². The molecule has 0 aliphatic rings. The average Bonchev–Trinajstić information content (AvgIpc) is 2.98. The summed E-state index contributed by atoms with van der Waals surface area (Å²) >= 11 is 0. The predicted molar refractivity (Wildman–Crippen MR) is 80.3 cm³/mol. The van der Waals surface area contributed by atoms with Crippen LogP contribution in [0.3, 0.4) is 0 Å². The van der Waals surface area contributed by atoms with Crippen molar-refractivity contribution in [2.24, 2.45) is 0 Å². The largest absolute Gasteiger partial charge is 0.342 e. The number of nitrogens with zero attached hydrogens (tertiary/aromatic N) is 2. The smallest absolute Gasteiger partial charge is 0.106 e. The first-order chi connectivity index (χ1) is 9.92. The fourth-order valence-corrected chi connectivity index (χ4v) is 2.27. The number of aryl methyl sites for hydroxylation is 2. The molecule has 3 aromatic rings. The molecule has 0 saturated carbocycles. The van der Waals surface area contributed by atoms with E-state index in [2.05, 4.69) is 45.3 Å². The van der Waals surface area contributed by atoms with E-state index in [1.165, 1.54) is 5.56 Å². The molecule has 3 nitrogen and oxygen atoms in total. The minimum Gasteiger partial charge on any atom is -0.342 e. The molecule has 20 heavy (non-hydrogen) atoms. The summed E-state index contributed by atoms with van der Waals surface area (Å²) < 4.78 is 0. The number of H-pyrrole nitrogens is 1. The van der Waals surface area contributed by atoms with E-state index >= 15 is 0 Å². The Bertz CT molecular complexity index is 644. The first-order valence-electron chi connectivity index (χ1n) is 6.90. The van der Waals surface area contributed by atoms with Crippen molar-refractivity contribution in [2.45, 2.75) is 19.3 Å². The number of hydrogen-bond donors (Lipinski definition) is 1. The number of rotatable bonds is 5. The number of aromatic amines is 1. The van der Waals surface area contributed by atoms with Crippen LogP contribution in [0.4, 0.5) is 0 Å². The van der Waals surface area contributed by atoms with Crippen LogP contribution in [-0.4, -0.2) is 15.0 Å². The van der Waals surface area contributed by atoms with Crippen LogP contribution in [0.2, 0.25) is 0 Å². The fourth-order valence-electron chi connectivity index (χ4n) is 2.27. The molecule has 2 heterocycles. The van der Waals surface area contributed by atoms with E-state index in [1.54, 1.807) is 12.4 Å². The summed E-state index contributed by atoms with van der Waals surface area (Å²) in [5.41, 5.74) is 3.57. The van der Waals surface area contributed by atoms with Crippen molar-refractivity contribution in [1.82, 2.24) is 15.0 Å². The zero-order valence-electron chi connectivity index (χ0n) is 11.3. The van der Waals surface area contributed by atoms with Gasteiger partial charge >= 0.3 is 0 Å². The van der Waals surface area contributed by atoms with Gasteiger partial charge in [-0.2, -0.15) is 0 Å². The van der Waals surface area contributed by atoms with E-state index in [1.807, 2.05) is 18.3 Å². The third-order valence-electron chi connectivity index (χ3n) is 3.34. The Morgan fingerprint density at radius 3 is 2.50 bits per heavy atom. The van der Waals surface area contributed by atoms with Crippen molar-refractivity contribution in [1.29, 1.82) is 0 Å². The molecule has 0 aliphatic carbocycles. The van der Waals surface area contributed by atoms with Crippen LogP contribution < -0.4 is 0 Å². The Labute approximate surface area is 118 Å². The van der Waals surface area contributed by atoms with Crippen molar-refractivity contribution < 1.29 is 0 Å². The Morgan fingerprint density at radius 1 is 0.900 bits per heavy atom. The molecule has 3 rings (SSSR count). The van der Waals surface area contributed by atoms with Gasteiger partial charge in [0.2, 0.25) is 0 Å². The van der Waals surface area contributed by atoms with E-state index in [0.29, 0.717) is 0 Å². The third kappa shape index (κ3) is 3.12. The lowest BCUT2D eigenvalue weighted by Gasteiger charge is -2.00. The highest BCUT2D eigenvalue weighted by molar-refractivity contribution is 5.57. The van der Waals surface area contributed by atoms with Gasteiger partial charge in [0.15, 0.2) is 0 Å². The van der Waals surface area contributed by atoms with E-state index in [4.69, 9.17) is 0 Å². The van der Waals surface area contributed by atoms with E-state index in [9.17, 15) is 0 Å². The molecule has 2 aromatic heterocycles. The molecule has 0 unspecified atom stereocenters. The molecular weight excluding hydrogens is 246 g/mol. The zero-order valence-corrected chi connectivity index (χ0v) is 11.3.